The second-order valence-electron chi connectivity index (χ2n) is 8.53. The summed E-state index contributed by atoms with van der Waals surface area (Å²) in [7, 11) is 0. The molecule has 0 spiro atoms. The van der Waals surface area contributed by atoms with Crippen LogP contribution >= 0.6 is 0 Å². The predicted octanol–water partition coefficient (Wildman–Crippen LogP) is 4.53. The Balaban J connectivity index is 1.44. The topological polar surface area (TPSA) is 94.1 Å². The highest BCUT2D eigenvalue weighted by Gasteiger charge is 2.27. The average molecular weight is 460 g/mol. The van der Waals surface area contributed by atoms with Crippen molar-refractivity contribution in [2.45, 2.75) is 13.1 Å². The normalized spacial score (nSPS) is 12.6. The Labute approximate surface area is 201 Å². The molecule has 35 heavy (non-hydrogen) atoms. The molecule has 0 aliphatic carbocycles. The number of aromatic nitrogens is 3. The first-order chi connectivity index (χ1) is 17.1. The fourth-order valence-corrected chi connectivity index (χ4v) is 4.63. The molecule has 6 rings (SSSR count). The van der Waals surface area contributed by atoms with Crippen molar-refractivity contribution in [3.05, 3.63) is 114 Å². The van der Waals surface area contributed by atoms with Crippen molar-refractivity contribution in [1.82, 2.24) is 19.4 Å². The van der Waals surface area contributed by atoms with Gasteiger partial charge in [-0.05, 0) is 52.6 Å². The van der Waals surface area contributed by atoms with E-state index in [1.165, 1.54) is 0 Å². The number of benzene rings is 3. The Morgan fingerprint density at radius 3 is 2.20 bits per heavy atom. The lowest BCUT2D eigenvalue weighted by atomic mass is 9.97. The number of carbonyl (C=O) groups excluding carboxylic acids is 2. The zero-order valence-corrected chi connectivity index (χ0v) is 18.8. The lowest BCUT2D eigenvalue weighted by Gasteiger charge is -2.17. The minimum atomic E-state index is -0.200. The van der Waals surface area contributed by atoms with E-state index in [4.69, 9.17) is 5.73 Å². The van der Waals surface area contributed by atoms with E-state index in [1.54, 1.807) is 27.9 Å². The SMILES string of the molecule is Nc1nc(C(=O)N2Cc3ccccc3C2)c2cc(-c3ccccc3C(=O)n3cccc3)ccc2n1. The van der Waals surface area contributed by atoms with Crippen molar-refractivity contribution < 1.29 is 9.59 Å². The van der Waals surface area contributed by atoms with E-state index in [0.717, 1.165) is 22.3 Å². The Kier molecular flexibility index (Phi) is 4.88. The number of nitrogen functional groups attached to an aromatic ring is 1. The van der Waals surface area contributed by atoms with Crippen LogP contribution in [0.4, 0.5) is 5.95 Å². The summed E-state index contributed by atoms with van der Waals surface area (Å²) in [5.74, 6) is -0.284. The fourth-order valence-electron chi connectivity index (χ4n) is 4.63. The molecule has 5 aromatic rings. The van der Waals surface area contributed by atoms with Crippen LogP contribution < -0.4 is 5.73 Å². The van der Waals surface area contributed by atoms with Crippen molar-refractivity contribution in [3.8, 4) is 11.1 Å². The average Bonchev–Trinajstić information content (AvgIpc) is 3.57. The van der Waals surface area contributed by atoms with Gasteiger partial charge in [0.1, 0.15) is 5.69 Å². The van der Waals surface area contributed by atoms with Crippen LogP contribution in [0.1, 0.15) is 32.0 Å². The molecule has 7 nitrogen and oxygen atoms in total. The molecule has 7 heteroatoms. The molecule has 0 bridgehead atoms. The van der Waals surface area contributed by atoms with E-state index in [0.29, 0.717) is 29.6 Å². The van der Waals surface area contributed by atoms with E-state index < -0.39 is 0 Å². The third-order valence-electron chi connectivity index (χ3n) is 6.35. The smallest absolute Gasteiger partial charge is 0.273 e. The minimum absolute atomic E-state index is 0.0495. The third-order valence-corrected chi connectivity index (χ3v) is 6.35. The number of rotatable bonds is 3. The molecule has 0 saturated heterocycles. The largest absolute Gasteiger partial charge is 0.368 e. The van der Waals surface area contributed by atoms with Crippen molar-refractivity contribution in [3.63, 3.8) is 0 Å². The molecule has 0 unspecified atom stereocenters. The summed E-state index contributed by atoms with van der Waals surface area (Å²) < 4.78 is 1.55. The van der Waals surface area contributed by atoms with Crippen LogP contribution in [0.3, 0.4) is 0 Å². The van der Waals surface area contributed by atoms with Gasteiger partial charge in [-0.25, -0.2) is 9.97 Å². The first kappa shape index (κ1) is 20.8. The van der Waals surface area contributed by atoms with Crippen LogP contribution in [0.15, 0.2) is 91.3 Å². The molecule has 2 aromatic heterocycles. The van der Waals surface area contributed by atoms with E-state index in [1.807, 2.05) is 72.8 Å². The van der Waals surface area contributed by atoms with Crippen LogP contribution in [-0.4, -0.2) is 31.2 Å². The molecular formula is C28H21N5O2. The van der Waals surface area contributed by atoms with Gasteiger partial charge in [-0.3, -0.25) is 14.2 Å². The summed E-state index contributed by atoms with van der Waals surface area (Å²) in [6.45, 7) is 1.04. The van der Waals surface area contributed by atoms with E-state index in [9.17, 15) is 9.59 Å². The van der Waals surface area contributed by atoms with Crippen molar-refractivity contribution in [1.29, 1.82) is 0 Å². The van der Waals surface area contributed by atoms with E-state index in [-0.39, 0.29) is 23.5 Å². The summed E-state index contributed by atoms with van der Waals surface area (Å²) in [4.78, 5) is 37.2. The molecule has 0 fully saturated rings. The maximum Gasteiger partial charge on any atom is 0.273 e. The van der Waals surface area contributed by atoms with Gasteiger partial charge in [-0.1, -0.05) is 48.5 Å². The Bertz CT molecular complexity index is 1580. The Hall–Kier alpha value is -4.78. The van der Waals surface area contributed by atoms with Gasteiger partial charge in [-0.2, -0.15) is 0 Å². The van der Waals surface area contributed by atoms with Crippen molar-refractivity contribution in [2.75, 3.05) is 5.73 Å². The van der Waals surface area contributed by atoms with E-state index in [2.05, 4.69) is 9.97 Å². The van der Waals surface area contributed by atoms with Gasteiger partial charge in [0.25, 0.3) is 11.8 Å². The molecule has 2 N–H and O–H groups in total. The standard InChI is InChI=1S/C28H21N5O2/c29-28-30-24-12-11-18(21-9-3-4-10-22(21)26(34)32-13-5-6-14-32)15-23(24)25(31-28)27(35)33-16-19-7-1-2-8-20(19)17-33/h1-15H,16-17H2,(H2,29,30,31). The van der Waals surface area contributed by atoms with Crippen LogP contribution in [-0.2, 0) is 13.1 Å². The van der Waals surface area contributed by atoms with Crippen LogP contribution in [0.25, 0.3) is 22.0 Å². The van der Waals surface area contributed by atoms with E-state index >= 15 is 0 Å². The first-order valence-electron chi connectivity index (χ1n) is 11.3. The molecule has 0 saturated carbocycles. The van der Waals surface area contributed by atoms with Gasteiger partial charge in [-0.15, -0.1) is 0 Å². The summed E-state index contributed by atoms with van der Waals surface area (Å²) in [5.41, 5.74) is 11.2. The number of hydrogen-bond acceptors (Lipinski definition) is 5. The van der Waals surface area contributed by atoms with Gasteiger partial charge < -0.3 is 10.6 Å². The van der Waals surface area contributed by atoms with Gasteiger partial charge in [0.05, 0.1) is 5.52 Å². The quantitative estimate of drug-likeness (QED) is 0.428. The molecule has 1 amide bonds. The summed E-state index contributed by atoms with van der Waals surface area (Å²) in [5, 5.41) is 0.598. The zero-order valence-electron chi connectivity index (χ0n) is 18.8. The van der Waals surface area contributed by atoms with Gasteiger partial charge in [0.2, 0.25) is 5.95 Å². The molecule has 3 aromatic carbocycles. The van der Waals surface area contributed by atoms with Gasteiger partial charge >= 0.3 is 0 Å². The number of carbonyl (C=O) groups is 2. The maximum absolute atomic E-state index is 13.6. The summed E-state index contributed by atoms with van der Waals surface area (Å²) in [6.07, 6.45) is 3.45. The molecule has 170 valence electrons. The van der Waals surface area contributed by atoms with Crippen LogP contribution in [0.5, 0.6) is 0 Å². The van der Waals surface area contributed by atoms with Gasteiger partial charge in [0, 0.05) is 36.4 Å². The molecule has 0 radical (unpaired) electrons. The monoisotopic (exact) mass is 459 g/mol. The Morgan fingerprint density at radius 1 is 0.771 bits per heavy atom. The predicted molar refractivity (Wildman–Crippen MR) is 134 cm³/mol. The second-order valence-corrected chi connectivity index (χ2v) is 8.53. The molecule has 1 aliphatic rings. The minimum Gasteiger partial charge on any atom is -0.368 e. The van der Waals surface area contributed by atoms with Crippen LogP contribution in [0.2, 0.25) is 0 Å². The first-order valence-corrected chi connectivity index (χ1v) is 11.3. The number of fused-ring (bicyclic) bond motifs is 2. The maximum atomic E-state index is 13.6. The number of nitrogens with zero attached hydrogens (tertiary/aromatic N) is 4. The summed E-state index contributed by atoms with van der Waals surface area (Å²) in [6, 6.07) is 24.6. The molecule has 3 heterocycles. The highest BCUT2D eigenvalue weighted by molar-refractivity contribution is 6.07. The molecule has 1 aliphatic heterocycles. The number of nitrogens with two attached hydrogens (primary N) is 1. The lowest BCUT2D eigenvalue weighted by molar-refractivity contribution is 0.0747. The van der Waals surface area contributed by atoms with Crippen LogP contribution in [0, 0.1) is 0 Å². The molecule has 0 atom stereocenters. The highest BCUT2D eigenvalue weighted by atomic mass is 16.2. The molecular weight excluding hydrogens is 438 g/mol. The number of amides is 1. The van der Waals surface area contributed by atoms with Gasteiger partial charge in [0.15, 0.2) is 0 Å². The third kappa shape index (κ3) is 3.63. The zero-order chi connectivity index (χ0) is 23.9. The lowest BCUT2D eigenvalue weighted by Crippen LogP contribution is -2.27. The fraction of sp³-hybridized carbons (Fsp3) is 0.0714. The second kappa shape index (κ2) is 8.22. The highest BCUT2D eigenvalue weighted by Crippen LogP contribution is 2.31. The van der Waals surface area contributed by atoms with Crippen molar-refractivity contribution >= 4 is 28.7 Å². The van der Waals surface area contributed by atoms with Crippen molar-refractivity contribution in [2.24, 2.45) is 0 Å². The summed E-state index contributed by atoms with van der Waals surface area (Å²) >= 11 is 0. The number of anilines is 1. The number of hydrogen-bond donors (Lipinski definition) is 1. The Morgan fingerprint density at radius 2 is 1.46 bits per heavy atom.